The van der Waals surface area contributed by atoms with Gasteiger partial charge < -0.3 is 20.1 Å². The molecule has 0 saturated carbocycles. The van der Waals surface area contributed by atoms with Crippen LogP contribution in [0.1, 0.15) is 36.2 Å². The van der Waals surface area contributed by atoms with Crippen molar-refractivity contribution in [3.8, 4) is 11.5 Å². The highest BCUT2D eigenvalue weighted by atomic mass is 32.1. The van der Waals surface area contributed by atoms with Gasteiger partial charge in [-0.25, -0.2) is 4.98 Å². The standard InChI is InChI=1S/C20H30N4O2S/c1-5-16-13-23-19(27-16)14-24-20(21-4)22-11-10-15-8-9-17(25-6-2)18(12-15)26-7-3/h8-9,12-13H,5-7,10-11,14H2,1-4H3,(H2,21,22,24). The molecule has 0 saturated heterocycles. The van der Waals surface area contributed by atoms with E-state index in [1.807, 2.05) is 32.2 Å². The third-order valence-corrected chi connectivity index (χ3v) is 5.04. The minimum Gasteiger partial charge on any atom is -0.490 e. The summed E-state index contributed by atoms with van der Waals surface area (Å²) in [6, 6.07) is 6.10. The van der Waals surface area contributed by atoms with Gasteiger partial charge in [0, 0.05) is 24.7 Å². The van der Waals surface area contributed by atoms with Crippen LogP contribution in [0, 0.1) is 0 Å². The molecule has 0 spiro atoms. The number of nitrogens with zero attached hydrogens (tertiary/aromatic N) is 2. The Hall–Kier alpha value is -2.28. The molecule has 1 aromatic heterocycles. The molecule has 0 fully saturated rings. The molecule has 7 heteroatoms. The highest BCUT2D eigenvalue weighted by Gasteiger charge is 2.07. The van der Waals surface area contributed by atoms with E-state index in [4.69, 9.17) is 9.47 Å². The van der Waals surface area contributed by atoms with Crippen molar-refractivity contribution in [2.24, 2.45) is 4.99 Å². The number of aromatic nitrogens is 1. The van der Waals surface area contributed by atoms with Gasteiger partial charge in [0.25, 0.3) is 0 Å². The number of rotatable bonds is 10. The fraction of sp³-hybridized carbons (Fsp3) is 0.500. The van der Waals surface area contributed by atoms with E-state index in [9.17, 15) is 0 Å². The highest BCUT2D eigenvalue weighted by Crippen LogP contribution is 2.28. The lowest BCUT2D eigenvalue weighted by Gasteiger charge is -2.13. The molecule has 0 aliphatic heterocycles. The Labute approximate surface area is 166 Å². The fourth-order valence-corrected chi connectivity index (χ4v) is 3.35. The molecule has 0 bridgehead atoms. The maximum atomic E-state index is 5.69. The Bertz CT molecular complexity index is 731. The first-order chi connectivity index (χ1) is 13.2. The van der Waals surface area contributed by atoms with Gasteiger partial charge >= 0.3 is 0 Å². The third-order valence-electron chi connectivity index (χ3n) is 3.89. The van der Waals surface area contributed by atoms with Gasteiger partial charge in [-0.3, -0.25) is 4.99 Å². The van der Waals surface area contributed by atoms with Crippen molar-refractivity contribution < 1.29 is 9.47 Å². The lowest BCUT2D eigenvalue weighted by molar-refractivity contribution is 0.287. The predicted octanol–water partition coefficient (Wildman–Crippen LogP) is 3.41. The Morgan fingerprint density at radius 2 is 1.89 bits per heavy atom. The van der Waals surface area contributed by atoms with E-state index in [-0.39, 0.29) is 0 Å². The number of ether oxygens (including phenoxy) is 2. The monoisotopic (exact) mass is 390 g/mol. The van der Waals surface area contributed by atoms with Gasteiger partial charge in [0.2, 0.25) is 0 Å². The van der Waals surface area contributed by atoms with Crippen molar-refractivity contribution in [2.75, 3.05) is 26.8 Å². The van der Waals surface area contributed by atoms with Gasteiger partial charge in [0.1, 0.15) is 5.01 Å². The summed E-state index contributed by atoms with van der Waals surface area (Å²) in [5.74, 6) is 2.37. The summed E-state index contributed by atoms with van der Waals surface area (Å²) in [4.78, 5) is 9.99. The predicted molar refractivity (Wildman–Crippen MR) is 112 cm³/mol. The molecule has 0 aliphatic carbocycles. The third kappa shape index (κ3) is 6.75. The van der Waals surface area contributed by atoms with Crippen LogP contribution in [0.15, 0.2) is 29.4 Å². The molecule has 1 heterocycles. The maximum absolute atomic E-state index is 5.69. The number of thiazole rings is 1. The first-order valence-corrected chi connectivity index (χ1v) is 10.3. The Morgan fingerprint density at radius 3 is 2.56 bits per heavy atom. The van der Waals surface area contributed by atoms with E-state index in [0.717, 1.165) is 41.9 Å². The second kappa shape index (κ2) is 11.4. The zero-order valence-corrected chi connectivity index (χ0v) is 17.5. The number of aliphatic imine (C=N–C) groups is 1. The summed E-state index contributed by atoms with van der Waals surface area (Å²) in [5.41, 5.74) is 1.19. The van der Waals surface area contributed by atoms with Gasteiger partial charge in [-0.15, -0.1) is 11.3 Å². The molecule has 2 N–H and O–H groups in total. The second-order valence-electron chi connectivity index (χ2n) is 5.82. The molecule has 2 rings (SSSR count). The zero-order valence-electron chi connectivity index (χ0n) is 16.7. The molecular formula is C20H30N4O2S. The average Bonchev–Trinajstić information content (AvgIpc) is 3.15. The number of hydrogen-bond acceptors (Lipinski definition) is 5. The lowest BCUT2D eigenvalue weighted by atomic mass is 10.1. The van der Waals surface area contributed by atoms with Crippen LogP contribution in [0.4, 0.5) is 0 Å². The molecule has 2 aromatic rings. The Morgan fingerprint density at radius 1 is 1.11 bits per heavy atom. The van der Waals surface area contributed by atoms with Crippen molar-refractivity contribution in [2.45, 2.75) is 40.2 Å². The molecule has 0 aliphatic rings. The van der Waals surface area contributed by atoms with Crippen LogP contribution in [-0.2, 0) is 19.4 Å². The molecule has 6 nitrogen and oxygen atoms in total. The maximum Gasteiger partial charge on any atom is 0.191 e. The van der Waals surface area contributed by atoms with Crippen LogP contribution in [-0.4, -0.2) is 37.7 Å². The van der Waals surface area contributed by atoms with Gasteiger partial charge in [-0.2, -0.15) is 0 Å². The fourth-order valence-electron chi connectivity index (χ4n) is 2.55. The summed E-state index contributed by atoms with van der Waals surface area (Å²) in [7, 11) is 1.78. The molecule has 1 aromatic carbocycles. The summed E-state index contributed by atoms with van der Waals surface area (Å²) in [6.45, 7) is 8.80. The second-order valence-corrected chi connectivity index (χ2v) is 7.02. The summed E-state index contributed by atoms with van der Waals surface area (Å²) >= 11 is 1.74. The normalized spacial score (nSPS) is 11.3. The minimum atomic E-state index is 0.620. The molecule has 0 radical (unpaired) electrons. The van der Waals surface area contributed by atoms with Gasteiger partial charge in [0.15, 0.2) is 17.5 Å². The Balaban J connectivity index is 1.83. The number of guanidine groups is 1. The van der Waals surface area contributed by atoms with Gasteiger partial charge in [0.05, 0.1) is 19.8 Å². The van der Waals surface area contributed by atoms with E-state index >= 15 is 0 Å². The quantitative estimate of drug-likeness (QED) is 0.481. The average molecular weight is 391 g/mol. The number of hydrogen-bond donors (Lipinski definition) is 2. The summed E-state index contributed by atoms with van der Waals surface area (Å²) in [6.07, 6.45) is 3.83. The van der Waals surface area contributed by atoms with Crippen LogP contribution >= 0.6 is 11.3 Å². The summed E-state index contributed by atoms with van der Waals surface area (Å²) < 4.78 is 11.3. The van der Waals surface area contributed by atoms with E-state index in [1.165, 1.54) is 10.4 Å². The van der Waals surface area contributed by atoms with Crippen molar-refractivity contribution in [3.63, 3.8) is 0 Å². The first kappa shape index (κ1) is 21.0. The zero-order chi connectivity index (χ0) is 19.5. The summed E-state index contributed by atoms with van der Waals surface area (Å²) in [5, 5.41) is 7.72. The van der Waals surface area contributed by atoms with Crippen molar-refractivity contribution >= 4 is 17.3 Å². The molecule has 148 valence electrons. The van der Waals surface area contributed by atoms with Crippen LogP contribution < -0.4 is 20.1 Å². The van der Waals surface area contributed by atoms with Crippen LogP contribution in [0.3, 0.4) is 0 Å². The van der Waals surface area contributed by atoms with Crippen LogP contribution in [0.2, 0.25) is 0 Å². The smallest absolute Gasteiger partial charge is 0.191 e. The number of nitrogens with one attached hydrogen (secondary N) is 2. The van der Waals surface area contributed by atoms with E-state index in [1.54, 1.807) is 18.4 Å². The van der Waals surface area contributed by atoms with E-state index in [0.29, 0.717) is 19.8 Å². The Kier molecular flexibility index (Phi) is 8.91. The number of benzene rings is 1. The topological polar surface area (TPSA) is 67.8 Å². The first-order valence-electron chi connectivity index (χ1n) is 9.46. The molecular weight excluding hydrogens is 360 g/mol. The largest absolute Gasteiger partial charge is 0.490 e. The van der Waals surface area contributed by atoms with Crippen LogP contribution in [0.5, 0.6) is 11.5 Å². The van der Waals surface area contributed by atoms with Crippen molar-refractivity contribution in [3.05, 3.63) is 39.8 Å². The minimum absolute atomic E-state index is 0.620. The van der Waals surface area contributed by atoms with E-state index < -0.39 is 0 Å². The molecule has 0 unspecified atom stereocenters. The molecule has 0 atom stereocenters. The lowest BCUT2D eigenvalue weighted by Crippen LogP contribution is -2.37. The number of aryl methyl sites for hydroxylation is 1. The van der Waals surface area contributed by atoms with Crippen molar-refractivity contribution in [1.82, 2.24) is 15.6 Å². The van der Waals surface area contributed by atoms with Gasteiger partial charge in [-0.05, 0) is 44.4 Å². The SMILES string of the molecule is CCOc1ccc(CCNC(=NC)NCc2ncc(CC)s2)cc1OCC. The van der Waals surface area contributed by atoms with Crippen molar-refractivity contribution in [1.29, 1.82) is 0 Å². The van der Waals surface area contributed by atoms with Crippen LogP contribution in [0.25, 0.3) is 0 Å². The molecule has 27 heavy (non-hydrogen) atoms. The highest BCUT2D eigenvalue weighted by molar-refractivity contribution is 7.11. The van der Waals surface area contributed by atoms with Gasteiger partial charge in [-0.1, -0.05) is 13.0 Å². The molecule has 0 amide bonds. The van der Waals surface area contributed by atoms with E-state index in [2.05, 4.69) is 33.6 Å².